The number of fused-ring (bicyclic) bond motifs is 4. The molecule has 1 N–H and O–H groups in total. The summed E-state index contributed by atoms with van der Waals surface area (Å²) in [7, 11) is 0. The minimum atomic E-state index is -0.690. The largest absolute Gasteiger partial charge is 0.462 e. The zero-order valence-electron chi connectivity index (χ0n) is 28.9. The van der Waals surface area contributed by atoms with E-state index in [1.54, 1.807) is 39.1 Å². The van der Waals surface area contributed by atoms with Crippen molar-refractivity contribution in [1.82, 2.24) is 24.8 Å². The predicted octanol–water partition coefficient (Wildman–Crippen LogP) is 6.73. The second-order valence-corrected chi connectivity index (χ2v) is 16.3. The van der Waals surface area contributed by atoms with Crippen molar-refractivity contribution in [3.8, 4) is 17.3 Å². The molecule has 13 nitrogen and oxygen atoms in total. The van der Waals surface area contributed by atoms with Gasteiger partial charge in [-0.15, -0.1) is 0 Å². The summed E-state index contributed by atoms with van der Waals surface area (Å²) in [4.78, 5) is 59.5. The maximum atomic E-state index is 16.8. The smallest absolute Gasteiger partial charge is 0.413 e. The number of para-hydroxylation sites is 1. The second-order valence-electron chi connectivity index (χ2n) is 15.3. The van der Waals surface area contributed by atoms with E-state index in [0.29, 0.717) is 58.0 Å². The van der Waals surface area contributed by atoms with E-state index < -0.39 is 28.5 Å². The number of carbonyl (C=O) groups is 3. The quantitative estimate of drug-likeness (QED) is 0.204. The number of halogens is 1. The number of rotatable bonds is 7. The average Bonchev–Trinajstić information content (AvgIpc) is 3.62. The van der Waals surface area contributed by atoms with Crippen LogP contribution in [0.25, 0.3) is 32.4 Å². The van der Waals surface area contributed by atoms with E-state index >= 15 is 4.39 Å². The van der Waals surface area contributed by atoms with Crippen LogP contribution in [0.4, 0.5) is 24.9 Å². The summed E-state index contributed by atoms with van der Waals surface area (Å²) in [5.41, 5.74) is -0.990. The van der Waals surface area contributed by atoms with E-state index in [1.165, 1.54) is 11.3 Å². The lowest BCUT2D eigenvalue weighted by Gasteiger charge is -2.42. The molecular formula is C35H40FN7O6S. The number of nitrogens with zero attached hydrogens (tertiary/aromatic N) is 6. The van der Waals surface area contributed by atoms with Crippen LogP contribution in [0.3, 0.4) is 0 Å². The molecule has 2 saturated heterocycles. The highest BCUT2D eigenvalue weighted by Crippen LogP contribution is 2.44. The van der Waals surface area contributed by atoms with Gasteiger partial charge in [0.15, 0.2) is 10.9 Å². The van der Waals surface area contributed by atoms with Gasteiger partial charge in [0, 0.05) is 24.8 Å². The number of benzene rings is 1. The highest BCUT2D eigenvalue weighted by atomic mass is 32.1. The number of nitrogens with one attached hydrogen (secondary N) is 1. The van der Waals surface area contributed by atoms with Crippen molar-refractivity contribution in [3.05, 3.63) is 30.2 Å². The van der Waals surface area contributed by atoms with Crippen LogP contribution >= 0.6 is 11.3 Å². The molecule has 50 heavy (non-hydrogen) atoms. The maximum Gasteiger partial charge on any atom is 0.413 e. The molecule has 3 aliphatic rings. The summed E-state index contributed by atoms with van der Waals surface area (Å²) in [6, 6.07) is 5.02. The number of hydrogen-bond donors (Lipinski definition) is 1. The Hall–Kier alpha value is -4.66. The van der Waals surface area contributed by atoms with E-state index in [-0.39, 0.29) is 42.0 Å². The zero-order chi connectivity index (χ0) is 35.6. The fourth-order valence-corrected chi connectivity index (χ4v) is 7.33. The van der Waals surface area contributed by atoms with Gasteiger partial charge in [0.1, 0.15) is 41.1 Å². The first kappa shape index (κ1) is 33.8. The molecule has 1 saturated carbocycles. The first-order valence-corrected chi connectivity index (χ1v) is 17.6. The Labute approximate surface area is 292 Å². The van der Waals surface area contributed by atoms with Gasteiger partial charge in [-0.1, -0.05) is 23.5 Å². The standard InChI is InChI=1S/C35H40FN7O6S/c1-33(2,3)48-31(45)41-30-39-25-21(8-7-9-23(25)50-30)26-24(36)27-22(14-37-26)28(40-29(38-27)47-18-35(17-44)12-13-35)42-15-19-10-11-20(16-42)43(19)32(46)49-34(4,5)6/h7-9,14,17,19-20H,10-13,15-16,18H2,1-6H3,(H,39,41,45). The Bertz CT molecular complexity index is 1990. The number of aldehydes is 1. The summed E-state index contributed by atoms with van der Waals surface area (Å²) in [6.07, 6.45) is 4.46. The lowest BCUT2D eigenvalue weighted by molar-refractivity contribution is -0.113. The van der Waals surface area contributed by atoms with Gasteiger partial charge in [-0.2, -0.15) is 9.97 Å². The molecule has 2 bridgehead atoms. The highest BCUT2D eigenvalue weighted by Gasteiger charge is 2.46. The molecule has 1 aromatic carbocycles. The summed E-state index contributed by atoms with van der Waals surface area (Å²) < 4.78 is 34.6. The molecule has 4 aromatic rings. The van der Waals surface area contributed by atoms with Gasteiger partial charge in [0.25, 0.3) is 0 Å². The third-order valence-corrected chi connectivity index (χ3v) is 9.88. The van der Waals surface area contributed by atoms with Crippen LogP contribution in [0.5, 0.6) is 6.01 Å². The first-order valence-electron chi connectivity index (χ1n) is 16.7. The molecule has 0 spiro atoms. The topological polar surface area (TPSA) is 149 Å². The number of aromatic nitrogens is 4. The van der Waals surface area contributed by atoms with Gasteiger partial charge in [-0.25, -0.2) is 19.0 Å². The Kier molecular flexibility index (Phi) is 8.31. The molecule has 0 radical (unpaired) electrons. The highest BCUT2D eigenvalue weighted by molar-refractivity contribution is 7.22. The third kappa shape index (κ3) is 6.74. The van der Waals surface area contributed by atoms with Crippen LogP contribution in [0, 0.1) is 11.2 Å². The monoisotopic (exact) mass is 705 g/mol. The number of hydrogen-bond acceptors (Lipinski definition) is 12. The van der Waals surface area contributed by atoms with Crippen molar-refractivity contribution in [2.45, 2.75) is 90.5 Å². The fourth-order valence-electron chi connectivity index (χ4n) is 6.45. The summed E-state index contributed by atoms with van der Waals surface area (Å²) >= 11 is 1.23. The molecule has 7 rings (SSSR count). The SMILES string of the molecule is CC(C)(C)OC(=O)Nc1nc2c(-c3ncc4c(N5CC6CCC(C5)N6C(=O)OC(C)(C)C)nc(OCC5(C=O)CC5)nc4c3F)cccc2s1. The minimum Gasteiger partial charge on any atom is -0.462 e. The molecule has 2 amide bonds. The van der Waals surface area contributed by atoms with E-state index in [9.17, 15) is 14.4 Å². The van der Waals surface area contributed by atoms with Gasteiger partial charge < -0.3 is 23.9 Å². The van der Waals surface area contributed by atoms with Crippen LogP contribution in [-0.2, 0) is 14.3 Å². The molecule has 1 aliphatic carbocycles. The number of carbonyl (C=O) groups excluding carboxylic acids is 3. The van der Waals surface area contributed by atoms with Crippen LogP contribution in [0.15, 0.2) is 24.4 Å². The Balaban J connectivity index is 1.25. The van der Waals surface area contributed by atoms with E-state index in [1.807, 2.05) is 36.6 Å². The number of anilines is 2. The third-order valence-electron chi connectivity index (χ3n) is 8.94. The molecular weight excluding hydrogens is 665 g/mol. The number of amides is 2. The molecule has 3 fully saturated rings. The maximum absolute atomic E-state index is 16.8. The first-order chi connectivity index (χ1) is 23.6. The van der Waals surface area contributed by atoms with Gasteiger partial charge in [-0.05, 0) is 73.3 Å². The predicted molar refractivity (Wildman–Crippen MR) is 186 cm³/mol. The normalized spacial score (nSPS) is 19.8. The van der Waals surface area contributed by atoms with Crippen LogP contribution < -0.4 is 15.0 Å². The molecule has 2 unspecified atom stereocenters. The van der Waals surface area contributed by atoms with Gasteiger partial charge in [0.2, 0.25) is 0 Å². The molecule has 5 heterocycles. The number of ether oxygens (including phenoxy) is 3. The average molecular weight is 706 g/mol. The van der Waals surface area contributed by atoms with Gasteiger partial charge in [-0.3, -0.25) is 15.2 Å². The molecule has 264 valence electrons. The van der Waals surface area contributed by atoms with E-state index in [2.05, 4.69) is 20.3 Å². The lowest BCUT2D eigenvalue weighted by Crippen LogP contribution is -2.57. The van der Waals surface area contributed by atoms with E-state index in [4.69, 9.17) is 19.2 Å². The van der Waals surface area contributed by atoms with Crippen molar-refractivity contribution in [3.63, 3.8) is 0 Å². The van der Waals surface area contributed by atoms with Crippen LogP contribution in [-0.4, -0.2) is 86.3 Å². The number of thiazole rings is 1. The molecule has 2 aliphatic heterocycles. The van der Waals surface area contributed by atoms with E-state index in [0.717, 1.165) is 19.1 Å². The summed E-state index contributed by atoms with van der Waals surface area (Å²) in [5.74, 6) is -0.250. The van der Waals surface area contributed by atoms with Crippen LogP contribution in [0.1, 0.15) is 67.2 Å². The number of piperazine rings is 1. The molecule has 3 aromatic heterocycles. The van der Waals surface area contributed by atoms with Crippen LogP contribution in [0.2, 0.25) is 0 Å². The van der Waals surface area contributed by atoms with Gasteiger partial charge >= 0.3 is 18.2 Å². The van der Waals surface area contributed by atoms with Crippen molar-refractivity contribution < 1.29 is 33.0 Å². The zero-order valence-corrected chi connectivity index (χ0v) is 29.7. The van der Waals surface area contributed by atoms with Crippen molar-refractivity contribution in [1.29, 1.82) is 0 Å². The Morgan fingerprint density at radius 1 is 1.02 bits per heavy atom. The summed E-state index contributed by atoms with van der Waals surface area (Å²) in [6.45, 7) is 11.8. The fraction of sp³-hybridized carbons (Fsp3) is 0.514. The lowest BCUT2D eigenvalue weighted by atomic mass is 10.1. The minimum absolute atomic E-state index is 0.00667. The Morgan fingerprint density at radius 3 is 2.36 bits per heavy atom. The van der Waals surface area contributed by atoms with Crippen molar-refractivity contribution >= 4 is 61.9 Å². The summed E-state index contributed by atoms with van der Waals surface area (Å²) in [5, 5.41) is 3.35. The van der Waals surface area contributed by atoms with Crippen molar-refractivity contribution in [2.75, 3.05) is 29.9 Å². The second kappa shape index (κ2) is 12.3. The van der Waals surface area contributed by atoms with Gasteiger partial charge in [0.05, 0.1) is 33.1 Å². The molecule has 2 atom stereocenters. The Morgan fingerprint density at radius 2 is 1.72 bits per heavy atom. The molecule has 15 heteroatoms. The number of pyridine rings is 1. The van der Waals surface area contributed by atoms with Crippen molar-refractivity contribution in [2.24, 2.45) is 5.41 Å².